The smallest absolute Gasteiger partial charge is 0.311 e. The number of hydrogen-bond acceptors (Lipinski definition) is 1. The molecule has 0 aromatic rings. The highest BCUT2D eigenvalue weighted by molar-refractivity contribution is 7.90. The van der Waals surface area contributed by atoms with Crippen LogP contribution in [0.4, 0.5) is 4.79 Å². The highest BCUT2D eigenvalue weighted by Gasteiger charge is 2.46. The molecule has 0 saturated heterocycles. The van der Waals surface area contributed by atoms with E-state index >= 15 is 0 Å². The lowest BCUT2D eigenvalue weighted by Crippen LogP contribution is -2.34. The normalized spacial score (nSPS) is 11.7. The van der Waals surface area contributed by atoms with Crippen molar-refractivity contribution in [2.45, 2.75) is 73.1 Å². The summed E-state index contributed by atoms with van der Waals surface area (Å²) in [6, 6.07) is 0. The third kappa shape index (κ3) is 6.12. The fraction of sp³-hybridized carbons (Fsp3) is 0.941. The third-order valence-electron chi connectivity index (χ3n) is 4.26. The van der Waals surface area contributed by atoms with Gasteiger partial charge in [-0.15, -0.1) is 0 Å². The summed E-state index contributed by atoms with van der Waals surface area (Å²) in [5.41, 5.74) is 0.540. The number of carbonyl (C=O) groups is 1. The van der Waals surface area contributed by atoms with Crippen molar-refractivity contribution < 1.29 is 4.79 Å². The zero-order chi connectivity index (χ0) is 15.4. The Hall–Kier alpha value is -0.100. The molecule has 0 aromatic carbocycles. The molecule has 3 heteroatoms. The lowest BCUT2D eigenvalue weighted by Gasteiger charge is -2.30. The van der Waals surface area contributed by atoms with E-state index in [1.54, 1.807) is 0 Å². The van der Waals surface area contributed by atoms with Gasteiger partial charge in [0, 0.05) is 13.1 Å². The molecule has 1 amide bonds. The van der Waals surface area contributed by atoms with Gasteiger partial charge in [0.1, 0.15) is 7.26 Å². The molecule has 0 spiro atoms. The fourth-order valence-electron chi connectivity index (χ4n) is 2.80. The van der Waals surface area contributed by atoms with Crippen LogP contribution >= 0.6 is 7.26 Å². The van der Waals surface area contributed by atoms with Crippen molar-refractivity contribution in [1.82, 2.24) is 4.90 Å². The van der Waals surface area contributed by atoms with Gasteiger partial charge >= 0.3 is 5.65 Å². The van der Waals surface area contributed by atoms with Gasteiger partial charge < -0.3 is 4.90 Å². The van der Waals surface area contributed by atoms with Gasteiger partial charge in [-0.05, 0) is 33.1 Å². The third-order valence-corrected chi connectivity index (χ3v) is 8.87. The molecule has 20 heavy (non-hydrogen) atoms. The minimum absolute atomic E-state index is 0.540. The topological polar surface area (TPSA) is 20.3 Å². The van der Waals surface area contributed by atoms with E-state index in [1.165, 1.54) is 57.0 Å². The summed E-state index contributed by atoms with van der Waals surface area (Å²) in [6.07, 6.45) is 10.9. The van der Waals surface area contributed by atoms with Crippen molar-refractivity contribution in [3.8, 4) is 0 Å². The van der Waals surface area contributed by atoms with Crippen LogP contribution in [0, 0.1) is 0 Å². The van der Waals surface area contributed by atoms with Crippen LogP contribution in [0.3, 0.4) is 0 Å². The zero-order valence-corrected chi connectivity index (χ0v) is 15.5. The SMILES string of the molecule is CCCC[P+](CCCC)(CCCC)C(=O)N(CC)CC. The zero-order valence-electron chi connectivity index (χ0n) is 14.6. The van der Waals surface area contributed by atoms with E-state index < -0.39 is 7.26 Å². The summed E-state index contributed by atoms with van der Waals surface area (Å²) in [4.78, 5) is 15.2. The summed E-state index contributed by atoms with van der Waals surface area (Å²) in [5.74, 6) is 0. The molecule has 0 saturated carbocycles. The summed E-state index contributed by atoms with van der Waals surface area (Å²) in [5, 5.41) is 0. The van der Waals surface area contributed by atoms with Crippen LogP contribution in [-0.2, 0) is 0 Å². The first-order chi connectivity index (χ1) is 9.61. The largest absolute Gasteiger partial charge is 0.361 e. The monoisotopic (exact) mass is 302 g/mol. The van der Waals surface area contributed by atoms with Crippen LogP contribution in [0.15, 0.2) is 0 Å². The highest BCUT2D eigenvalue weighted by atomic mass is 31.2. The Balaban J connectivity index is 5.14. The van der Waals surface area contributed by atoms with Gasteiger partial charge in [0.2, 0.25) is 0 Å². The molecule has 0 unspecified atom stereocenters. The molecule has 0 aliphatic heterocycles. The molecule has 0 fully saturated rings. The maximum Gasteiger partial charge on any atom is 0.361 e. The van der Waals surface area contributed by atoms with Crippen LogP contribution in [-0.4, -0.2) is 42.1 Å². The van der Waals surface area contributed by atoms with E-state index in [0.717, 1.165) is 13.1 Å². The number of nitrogens with zero attached hydrogens (tertiary/aromatic N) is 1. The Morgan fingerprint density at radius 3 is 1.35 bits per heavy atom. The van der Waals surface area contributed by atoms with Crippen molar-refractivity contribution in [2.24, 2.45) is 0 Å². The van der Waals surface area contributed by atoms with Gasteiger partial charge in [-0.1, -0.05) is 40.0 Å². The lowest BCUT2D eigenvalue weighted by molar-refractivity contribution is 0.226. The van der Waals surface area contributed by atoms with Crippen molar-refractivity contribution >= 4 is 12.9 Å². The highest BCUT2D eigenvalue weighted by Crippen LogP contribution is 2.62. The molecule has 0 heterocycles. The molecule has 2 nitrogen and oxygen atoms in total. The number of hydrogen-bond donors (Lipinski definition) is 0. The van der Waals surface area contributed by atoms with Gasteiger partial charge in [0.25, 0.3) is 0 Å². The Morgan fingerprint density at radius 1 is 0.750 bits per heavy atom. The fourth-order valence-corrected chi connectivity index (χ4v) is 7.69. The molecule has 0 atom stereocenters. The van der Waals surface area contributed by atoms with Gasteiger partial charge in [-0.3, -0.25) is 0 Å². The molecule has 0 aliphatic rings. The standard InChI is InChI=1S/C17H37NOP/c1-6-11-14-20(15-12-7-2,16-13-8-3)17(19)18(9-4)10-5/h6-16H2,1-5H3/q+1. The van der Waals surface area contributed by atoms with Gasteiger partial charge in [0.05, 0.1) is 18.5 Å². The predicted molar refractivity (Wildman–Crippen MR) is 94.6 cm³/mol. The maximum atomic E-state index is 13.1. The van der Waals surface area contributed by atoms with Crippen molar-refractivity contribution in [3.05, 3.63) is 0 Å². The van der Waals surface area contributed by atoms with Crippen LogP contribution in [0.1, 0.15) is 73.1 Å². The molecule has 120 valence electrons. The number of amides is 1. The first-order valence-corrected chi connectivity index (χ1v) is 11.1. The van der Waals surface area contributed by atoms with Gasteiger partial charge in [0.15, 0.2) is 0 Å². The molecule has 0 aromatic heterocycles. The lowest BCUT2D eigenvalue weighted by atomic mass is 10.4. The van der Waals surface area contributed by atoms with Crippen molar-refractivity contribution in [3.63, 3.8) is 0 Å². The van der Waals surface area contributed by atoms with E-state index in [4.69, 9.17) is 0 Å². The Bertz CT molecular complexity index is 230. The second kappa shape index (κ2) is 11.5. The van der Waals surface area contributed by atoms with Gasteiger partial charge in [-0.25, -0.2) is 4.79 Å². The second-order valence-electron chi connectivity index (χ2n) is 5.83. The van der Waals surface area contributed by atoms with Crippen molar-refractivity contribution in [2.75, 3.05) is 31.6 Å². The van der Waals surface area contributed by atoms with E-state index in [2.05, 4.69) is 39.5 Å². The van der Waals surface area contributed by atoms with Crippen LogP contribution in [0.2, 0.25) is 0 Å². The van der Waals surface area contributed by atoms with E-state index in [1.807, 2.05) is 0 Å². The molecule has 0 bridgehead atoms. The molecule has 0 rings (SSSR count). The molecule has 0 aliphatic carbocycles. The minimum Gasteiger partial charge on any atom is -0.311 e. The summed E-state index contributed by atoms with van der Waals surface area (Å²) >= 11 is 0. The molecular weight excluding hydrogens is 265 g/mol. The Morgan fingerprint density at radius 2 is 1.10 bits per heavy atom. The Labute approximate surface area is 128 Å². The van der Waals surface area contributed by atoms with E-state index in [9.17, 15) is 4.79 Å². The second-order valence-corrected chi connectivity index (χ2v) is 9.85. The average Bonchev–Trinajstić information content (AvgIpc) is 2.48. The Kier molecular flexibility index (Phi) is 11.5. The van der Waals surface area contributed by atoms with Crippen LogP contribution < -0.4 is 0 Å². The summed E-state index contributed by atoms with van der Waals surface area (Å²) in [7, 11) is -1.44. The first-order valence-electron chi connectivity index (χ1n) is 8.77. The van der Waals surface area contributed by atoms with Gasteiger partial charge in [-0.2, -0.15) is 0 Å². The predicted octanol–water partition coefficient (Wildman–Crippen LogP) is 5.87. The molecule has 0 N–H and O–H groups in total. The quantitative estimate of drug-likeness (QED) is 0.413. The van der Waals surface area contributed by atoms with E-state index in [0.29, 0.717) is 5.65 Å². The van der Waals surface area contributed by atoms with Crippen LogP contribution in [0.25, 0.3) is 0 Å². The van der Waals surface area contributed by atoms with Crippen molar-refractivity contribution in [1.29, 1.82) is 0 Å². The number of carbonyl (C=O) groups excluding carboxylic acids is 1. The number of rotatable bonds is 12. The summed E-state index contributed by atoms with van der Waals surface area (Å²) < 4.78 is 0. The first kappa shape index (κ1) is 19.9. The van der Waals surface area contributed by atoms with Crippen LogP contribution in [0.5, 0.6) is 0 Å². The number of unbranched alkanes of at least 4 members (excludes halogenated alkanes) is 3. The maximum absolute atomic E-state index is 13.1. The summed E-state index contributed by atoms with van der Waals surface area (Å²) in [6.45, 7) is 12.7. The molecule has 0 radical (unpaired) electrons. The van der Waals surface area contributed by atoms with E-state index in [-0.39, 0.29) is 0 Å². The average molecular weight is 302 g/mol. The molecular formula is C17H37NOP+. The minimum atomic E-state index is -1.44.